The third kappa shape index (κ3) is 3.72. The molecule has 0 unspecified atom stereocenters. The van der Waals surface area contributed by atoms with Crippen LogP contribution in [0, 0.1) is 0 Å². The first kappa shape index (κ1) is 16.6. The van der Waals surface area contributed by atoms with Gasteiger partial charge in [0.05, 0.1) is 4.91 Å². The van der Waals surface area contributed by atoms with Crippen molar-refractivity contribution in [2.45, 2.75) is 26.2 Å². The second-order valence-electron chi connectivity index (χ2n) is 6.13. The first-order valence-electron chi connectivity index (χ1n) is 7.01. The van der Waals surface area contributed by atoms with Crippen LogP contribution in [0.3, 0.4) is 0 Å². The first-order valence-corrected chi connectivity index (χ1v) is 7.89. The van der Waals surface area contributed by atoms with E-state index in [1.807, 2.05) is 44.4 Å². The highest BCUT2D eigenvalue weighted by atomic mass is 32.2. The van der Waals surface area contributed by atoms with E-state index in [1.54, 1.807) is 19.4 Å². The largest absolute Gasteiger partial charge is 0.508 e. The molecule has 5 heteroatoms. The fraction of sp³-hybridized carbons (Fsp3) is 0.353. The van der Waals surface area contributed by atoms with Gasteiger partial charge in [0, 0.05) is 13.3 Å². The van der Waals surface area contributed by atoms with Gasteiger partial charge >= 0.3 is 0 Å². The van der Waals surface area contributed by atoms with Gasteiger partial charge in [-0.3, -0.25) is 9.69 Å². The van der Waals surface area contributed by atoms with Crippen LogP contribution in [-0.2, 0) is 14.9 Å². The predicted octanol–water partition coefficient (Wildman–Crippen LogP) is 3.68. The number of hydrogen-bond acceptors (Lipinski definition) is 4. The van der Waals surface area contributed by atoms with Gasteiger partial charge < -0.3 is 9.84 Å². The van der Waals surface area contributed by atoms with Crippen molar-refractivity contribution < 1.29 is 14.6 Å². The number of methoxy groups -OCH3 is 1. The van der Waals surface area contributed by atoms with Crippen molar-refractivity contribution in [1.82, 2.24) is 4.90 Å². The summed E-state index contributed by atoms with van der Waals surface area (Å²) in [5.41, 5.74) is 1.59. The Morgan fingerprint density at radius 2 is 2.09 bits per heavy atom. The van der Waals surface area contributed by atoms with Gasteiger partial charge in [-0.25, -0.2) is 0 Å². The second-order valence-corrected chi connectivity index (χ2v) is 7.08. The number of thioether (sulfide) groups is 1. The van der Waals surface area contributed by atoms with E-state index in [4.69, 9.17) is 4.74 Å². The van der Waals surface area contributed by atoms with E-state index in [-0.39, 0.29) is 23.8 Å². The highest BCUT2D eigenvalue weighted by molar-refractivity contribution is 8.06. The predicted molar refractivity (Wildman–Crippen MR) is 90.2 cm³/mol. The average Bonchev–Trinajstić information content (AvgIpc) is 2.44. The highest BCUT2D eigenvalue weighted by Gasteiger charge is 2.21. The minimum absolute atomic E-state index is 0.0836. The Morgan fingerprint density at radius 1 is 1.36 bits per heavy atom. The number of nitrogens with zero attached hydrogens (tertiary/aromatic N) is 1. The van der Waals surface area contributed by atoms with Gasteiger partial charge in [-0.05, 0) is 40.2 Å². The lowest BCUT2D eigenvalue weighted by Crippen LogP contribution is -2.29. The van der Waals surface area contributed by atoms with Crippen molar-refractivity contribution in [2.24, 2.45) is 0 Å². The summed E-state index contributed by atoms with van der Waals surface area (Å²) in [6, 6.07) is 5.41. The van der Waals surface area contributed by atoms with Crippen molar-refractivity contribution in [2.75, 3.05) is 13.8 Å². The molecular weight excluding hydrogens is 298 g/mol. The Balaban J connectivity index is 2.34. The molecule has 0 atom stereocenters. The van der Waals surface area contributed by atoms with Crippen molar-refractivity contribution in [3.63, 3.8) is 0 Å². The average molecular weight is 319 g/mol. The maximum atomic E-state index is 12.3. The Bertz CT molecular complexity index is 629. The Hall–Kier alpha value is -1.72. The van der Waals surface area contributed by atoms with E-state index in [2.05, 4.69) is 0 Å². The summed E-state index contributed by atoms with van der Waals surface area (Å²) >= 11 is 1.38. The van der Waals surface area contributed by atoms with Crippen LogP contribution in [0.15, 0.2) is 34.7 Å². The smallest absolute Gasteiger partial charge is 0.266 e. The molecule has 1 aromatic rings. The van der Waals surface area contributed by atoms with E-state index in [1.165, 1.54) is 16.7 Å². The number of carbonyl (C=O) groups is 1. The summed E-state index contributed by atoms with van der Waals surface area (Å²) in [6.45, 7) is 6.36. The van der Waals surface area contributed by atoms with Crippen LogP contribution < -0.4 is 0 Å². The standard InChI is InChI=1S/C17H21NO3S/c1-17(2,3)13-9-12(5-6-14(13)19)10-15-16(20)18(11-21-4)7-8-22-15/h5-10,19H,11H2,1-4H3. The molecule has 118 valence electrons. The third-order valence-electron chi connectivity index (χ3n) is 3.30. The Morgan fingerprint density at radius 3 is 2.73 bits per heavy atom. The van der Waals surface area contributed by atoms with Gasteiger partial charge in [-0.15, -0.1) is 0 Å². The second kappa shape index (κ2) is 6.58. The molecule has 1 heterocycles. The fourth-order valence-electron chi connectivity index (χ4n) is 2.17. The number of hydrogen-bond donors (Lipinski definition) is 1. The van der Waals surface area contributed by atoms with Gasteiger partial charge in [0.25, 0.3) is 5.91 Å². The van der Waals surface area contributed by atoms with E-state index < -0.39 is 0 Å². The number of phenols is 1. The summed E-state index contributed by atoms with van der Waals surface area (Å²) in [4.78, 5) is 14.5. The number of carbonyl (C=O) groups excluding carboxylic acids is 1. The summed E-state index contributed by atoms with van der Waals surface area (Å²) in [7, 11) is 1.56. The summed E-state index contributed by atoms with van der Waals surface area (Å²) in [6.07, 6.45) is 3.55. The molecule has 0 spiro atoms. The molecule has 22 heavy (non-hydrogen) atoms. The molecule has 0 bridgehead atoms. The van der Waals surface area contributed by atoms with Gasteiger partial charge in [-0.1, -0.05) is 38.6 Å². The number of phenolic OH excluding ortho intramolecular Hbond substituents is 1. The number of rotatable bonds is 3. The summed E-state index contributed by atoms with van der Waals surface area (Å²) in [5.74, 6) is 0.193. The van der Waals surface area contributed by atoms with Gasteiger partial charge in [0.1, 0.15) is 12.5 Å². The van der Waals surface area contributed by atoms with E-state index >= 15 is 0 Å². The maximum Gasteiger partial charge on any atom is 0.266 e. The number of amides is 1. The SMILES string of the molecule is COCN1C=CSC(=Cc2ccc(O)c(C(C)(C)C)c2)C1=O. The normalized spacial score (nSPS) is 17.4. The van der Waals surface area contributed by atoms with Crippen LogP contribution in [-0.4, -0.2) is 29.8 Å². The highest BCUT2D eigenvalue weighted by Crippen LogP contribution is 2.33. The van der Waals surface area contributed by atoms with E-state index in [0.29, 0.717) is 4.91 Å². The topological polar surface area (TPSA) is 49.8 Å². The zero-order valence-electron chi connectivity index (χ0n) is 13.3. The Labute approximate surface area is 135 Å². The summed E-state index contributed by atoms with van der Waals surface area (Å²) in [5, 5.41) is 11.9. The number of ether oxygens (including phenoxy) is 1. The first-order chi connectivity index (χ1) is 10.3. The van der Waals surface area contributed by atoms with Crippen molar-refractivity contribution in [3.8, 4) is 5.75 Å². The molecule has 0 radical (unpaired) electrons. The molecular formula is C17H21NO3S. The van der Waals surface area contributed by atoms with Crippen LogP contribution in [0.4, 0.5) is 0 Å². The van der Waals surface area contributed by atoms with Crippen molar-refractivity contribution in [3.05, 3.63) is 45.8 Å². The summed E-state index contributed by atoms with van der Waals surface area (Å²) < 4.78 is 5.01. The lowest BCUT2D eigenvalue weighted by molar-refractivity contribution is -0.127. The van der Waals surface area contributed by atoms with Crippen LogP contribution in [0.5, 0.6) is 5.75 Å². The van der Waals surface area contributed by atoms with Crippen molar-refractivity contribution >= 4 is 23.7 Å². The maximum absolute atomic E-state index is 12.3. The van der Waals surface area contributed by atoms with Gasteiger partial charge in [-0.2, -0.15) is 0 Å². The van der Waals surface area contributed by atoms with E-state index in [9.17, 15) is 9.90 Å². The van der Waals surface area contributed by atoms with Gasteiger partial charge in [0.15, 0.2) is 0 Å². The molecule has 1 aliphatic heterocycles. The molecule has 0 aromatic heterocycles. The minimum atomic E-state index is -0.162. The van der Waals surface area contributed by atoms with Crippen LogP contribution >= 0.6 is 11.8 Å². The lowest BCUT2D eigenvalue weighted by Gasteiger charge is -2.22. The molecule has 1 aliphatic rings. The Kier molecular flexibility index (Phi) is 4.98. The molecule has 2 rings (SSSR count). The van der Waals surface area contributed by atoms with Crippen molar-refractivity contribution in [1.29, 1.82) is 0 Å². The zero-order chi connectivity index (χ0) is 16.3. The molecule has 4 nitrogen and oxygen atoms in total. The molecule has 1 N–H and O–H groups in total. The monoisotopic (exact) mass is 319 g/mol. The number of benzene rings is 1. The minimum Gasteiger partial charge on any atom is -0.508 e. The van der Waals surface area contributed by atoms with Gasteiger partial charge in [0.2, 0.25) is 0 Å². The molecule has 1 amide bonds. The third-order valence-corrected chi connectivity index (χ3v) is 4.11. The van der Waals surface area contributed by atoms with Crippen LogP contribution in [0.25, 0.3) is 6.08 Å². The fourth-order valence-corrected chi connectivity index (χ4v) is 2.95. The molecule has 0 fully saturated rings. The number of aromatic hydroxyl groups is 1. The van der Waals surface area contributed by atoms with E-state index in [0.717, 1.165) is 11.1 Å². The van der Waals surface area contributed by atoms with Crippen LogP contribution in [0.1, 0.15) is 31.9 Å². The lowest BCUT2D eigenvalue weighted by atomic mass is 9.85. The van der Waals surface area contributed by atoms with Crippen LogP contribution in [0.2, 0.25) is 0 Å². The molecule has 0 saturated carbocycles. The zero-order valence-corrected chi connectivity index (χ0v) is 14.1. The quantitative estimate of drug-likeness (QED) is 0.864. The molecule has 0 saturated heterocycles. The molecule has 0 aliphatic carbocycles. The molecule has 1 aromatic carbocycles.